The molecule has 2 aliphatic heterocycles. The van der Waals surface area contributed by atoms with Crippen molar-refractivity contribution in [3.8, 4) is 5.75 Å². The number of ether oxygens (including phenoxy) is 1. The van der Waals surface area contributed by atoms with Crippen LogP contribution in [0.25, 0.3) is 0 Å². The van der Waals surface area contributed by atoms with Crippen LogP contribution < -0.4 is 9.64 Å². The standard InChI is InChI=1S/C23H30N4O7S2/c1-18-5-4-10-26(17-18)36(32,33)21-8-9-23(34-2)22(16-21)24-11-13-25(14-12-24)35(30,31)20-7-3-6-19(15-20)27(28)29/h3,6-9,15-16,18H,4-5,10-14,17H2,1-2H3/t18-/m1/s1. The van der Waals surface area contributed by atoms with Crippen LogP contribution in [0.1, 0.15) is 19.8 Å². The Bertz CT molecular complexity index is 1340. The Hall–Kier alpha value is -2.74. The molecule has 0 saturated carbocycles. The average molecular weight is 539 g/mol. The van der Waals surface area contributed by atoms with Crippen molar-refractivity contribution in [1.82, 2.24) is 8.61 Å². The van der Waals surface area contributed by atoms with Gasteiger partial charge in [0.25, 0.3) is 5.69 Å². The van der Waals surface area contributed by atoms with Crippen molar-refractivity contribution < 1.29 is 26.5 Å². The van der Waals surface area contributed by atoms with Gasteiger partial charge < -0.3 is 9.64 Å². The number of rotatable bonds is 7. The lowest BCUT2D eigenvalue weighted by molar-refractivity contribution is -0.385. The van der Waals surface area contributed by atoms with Crippen LogP contribution in [0, 0.1) is 16.0 Å². The van der Waals surface area contributed by atoms with Crippen LogP contribution in [0.5, 0.6) is 5.75 Å². The van der Waals surface area contributed by atoms with Gasteiger partial charge in [0, 0.05) is 51.4 Å². The number of sulfonamides is 2. The van der Waals surface area contributed by atoms with E-state index in [1.54, 1.807) is 18.2 Å². The van der Waals surface area contributed by atoms with Gasteiger partial charge in [-0.25, -0.2) is 16.8 Å². The molecule has 2 aromatic rings. The number of nitro benzene ring substituents is 1. The smallest absolute Gasteiger partial charge is 0.270 e. The zero-order valence-corrected chi connectivity index (χ0v) is 21.9. The highest BCUT2D eigenvalue weighted by Gasteiger charge is 2.32. The maximum Gasteiger partial charge on any atom is 0.270 e. The van der Waals surface area contributed by atoms with E-state index < -0.39 is 25.0 Å². The molecule has 2 aliphatic rings. The molecule has 0 bridgehead atoms. The van der Waals surface area contributed by atoms with E-state index in [0.29, 0.717) is 43.5 Å². The number of piperidine rings is 1. The predicted molar refractivity (Wildman–Crippen MR) is 134 cm³/mol. The van der Waals surface area contributed by atoms with E-state index in [1.165, 1.54) is 33.9 Å². The van der Waals surface area contributed by atoms with Crippen molar-refractivity contribution in [2.45, 2.75) is 29.6 Å². The van der Waals surface area contributed by atoms with Crippen LogP contribution in [-0.4, -0.2) is 76.7 Å². The average Bonchev–Trinajstić information content (AvgIpc) is 2.88. The highest BCUT2D eigenvalue weighted by molar-refractivity contribution is 7.89. The molecular weight excluding hydrogens is 508 g/mol. The van der Waals surface area contributed by atoms with Crippen molar-refractivity contribution >= 4 is 31.4 Å². The zero-order chi connectivity index (χ0) is 26.1. The van der Waals surface area contributed by atoms with E-state index in [1.807, 2.05) is 11.8 Å². The maximum atomic E-state index is 13.3. The minimum absolute atomic E-state index is 0.133. The minimum Gasteiger partial charge on any atom is -0.495 e. The normalized spacial score (nSPS) is 20.3. The molecule has 196 valence electrons. The van der Waals surface area contributed by atoms with Crippen LogP contribution in [0.2, 0.25) is 0 Å². The Labute approximate surface area is 211 Å². The molecule has 2 heterocycles. The third-order valence-electron chi connectivity index (χ3n) is 6.65. The van der Waals surface area contributed by atoms with Gasteiger partial charge in [0.05, 0.1) is 27.5 Å². The summed E-state index contributed by atoms with van der Waals surface area (Å²) in [7, 11) is -6.09. The molecule has 0 spiro atoms. The second-order valence-corrected chi connectivity index (χ2v) is 13.0. The molecule has 36 heavy (non-hydrogen) atoms. The largest absolute Gasteiger partial charge is 0.495 e. The highest BCUT2D eigenvalue weighted by atomic mass is 32.2. The van der Waals surface area contributed by atoms with Gasteiger partial charge in [-0.3, -0.25) is 10.1 Å². The predicted octanol–water partition coefficient (Wildman–Crippen LogP) is 2.53. The van der Waals surface area contributed by atoms with Gasteiger partial charge in [0.15, 0.2) is 0 Å². The molecule has 4 rings (SSSR count). The second kappa shape index (κ2) is 10.3. The van der Waals surface area contributed by atoms with E-state index in [9.17, 15) is 26.9 Å². The first-order valence-electron chi connectivity index (χ1n) is 11.7. The molecule has 0 amide bonds. The van der Waals surface area contributed by atoms with Gasteiger partial charge in [-0.1, -0.05) is 13.0 Å². The Morgan fingerprint density at radius 2 is 1.58 bits per heavy atom. The van der Waals surface area contributed by atoms with Crippen molar-refractivity contribution in [3.63, 3.8) is 0 Å². The van der Waals surface area contributed by atoms with Crippen LogP contribution in [0.3, 0.4) is 0 Å². The van der Waals surface area contributed by atoms with Crippen molar-refractivity contribution in [3.05, 3.63) is 52.6 Å². The SMILES string of the molecule is COc1ccc(S(=O)(=O)N2CCC[C@@H](C)C2)cc1N1CCN(S(=O)(=O)c2cccc([N+](=O)[O-])c2)CC1. The Morgan fingerprint density at radius 3 is 2.22 bits per heavy atom. The number of piperazine rings is 1. The van der Waals surface area contributed by atoms with E-state index >= 15 is 0 Å². The third-order valence-corrected chi connectivity index (χ3v) is 10.4. The number of methoxy groups -OCH3 is 1. The summed E-state index contributed by atoms with van der Waals surface area (Å²) in [6.45, 7) is 3.88. The topological polar surface area (TPSA) is 130 Å². The summed E-state index contributed by atoms with van der Waals surface area (Å²) in [6, 6.07) is 9.75. The summed E-state index contributed by atoms with van der Waals surface area (Å²) in [5, 5.41) is 11.1. The van der Waals surface area contributed by atoms with Crippen LogP contribution >= 0.6 is 0 Å². The molecule has 13 heteroatoms. The van der Waals surface area contributed by atoms with Crippen LogP contribution in [0.4, 0.5) is 11.4 Å². The van der Waals surface area contributed by atoms with E-state index in [0.717, 1.165) is 18.9 Å². The summed E-state index contributed by atoms with van der Waals surface area (Å²) >= 11 is 0. The molecule has 1 atom stereocenters. The number of anilines is 1. The third kappa shape index (κ3) is 5.19. The maximum absolute atomic E-state index is 13.3. The molecule has 0 N–H and O–H groups in total. The number of hydrogen-bond acceptors (Lipinski definition) is 8. The summed E-state index contributed by atoms with van der Waals surface area (Å²) in [6.07, 6.45) is 1.83. The molecule has 11 nitrogen and oxygen atoms in total. The number of nitrogens with zero attached hydrogens (tertiary/aromatic N) is 4. The molecule has 0 radical (unpaired) electrons. The van der Waals surface area contributed by atoms with E-state index in [2.05, 4.69) is 0 Å². The fourth-order valence-electron chi connectivity index (χ4n) is 4.67. The van der Waals surface area contributed by atoms with Gasteiger partial charge in [-0.2, -0.15) is 8.61 Å². The molecular formula is C23H30N4O7S2. The molecule has 2 fully saturated rings. The summed E-state index contributed by atoms with van der Waals surface area (Å²) in [5.41, 5.74) is 0.289. The fraction of sp³-hybridized carbons (Fsp3) is 0.478. The van der Waals surface area contributed by atoms with Gasteiger partial charge in [0.2, 0.25) is 20.0 Å². The second-order valence-electron chi connectivity index (χ2n) is 9.09. The summed E-state index contributed by atoms with van der Waals surface area (Å²) < 4.78 is 61.1. The van der Waals surface area contributed by atoms with Gasteiger partial charge in [-0.15, -0.1) is 0 Å². The first kappa shape index (κ1) is 26.3. The van der Waals surface area contributed by atoms with E-state index in [-0.39, 0.29) is 28.6 Å². The Morgan fingerprint density at radius 1 is 0.917 bits per heavy atom. The number of non-ortho nitro benzene ring substituents is 1. The molecule has 0 unspecified atom stereocenters. The lowest BCUT2D eigenvalue weighted by Gasteiger charge is -2.36. The van der Waals surface area contributed by atoms with Gasteiger partial charge >= 0.3 is 0 Å². The minimum atomic E-state index is -3.92. The molecule has 0 aromatic heterocycles. The Kier molecular flexibility index (Phi) is 7.55. The monoisotopic (exact) mass is 538 g/mol. The van der Waals surface area contributed by atoms with Crippen LogP contribution in [-0.2, 0) is 20.0 Å². The number of benzene rings is 2. The molecule has 2 aromatic carbocycles. The van der Waals surface area contributed by atoms with E-state index in [4.69, 9.17) is 4.74 Å². The number of nitro groups is 1. The van der Waals surface area contributed by atoms with Crippen molar-refractivity contribution in [1.29, 1.82) is 0 Å². The first-order chi connectivity index (χ1) is 17.0. The lowest BCUT2D eigenvalue weighted by Crippen LogP contribution is -2.48. The molecule has 0 aliphatic carbocycles. The first-order valence-corrected chi connectivity index (χ1v) is 14.6. The Balaban J connectivity index is 1.54. The highest BCUT2D eigenvalue weighted by Crippen LogP contribution is 2.34. The summed E-state index contributed by atoms with van der Waals surface area (Å²) in [4.78, 5) is 12.4. The van der Waals surface area contributed by atoms with Gasteiger partial charge in [0.1, 0.15) is 5.75 Å². The lowest BCUT2D eigenvalue weighted by atomic mass is 10.0. The fourth-order valence-corrected chi connectivity index (χ4v) is 7.75. The zero-order valence-electron chi connectivity index (χ0n) is 20.2. The van der Waals surface area contributed by atoms with Gasteiger partial charge in [-0.05, 0) is 43.0 Å². The van der Waals surface area contributed by atoms with Crippen LogP contribution in [0.15, 0.2) is 52.3 Å². The summed E-state index contributed by atoms with van der Waals surface area (Å²) in [5.74, 6) is 0.795. The van der Waals surface area contributed by atoms with Crippen molar-refractivity contribution in [2.24, 2.45) is 5.92 Å². The number of hydrogen-bond donors (Lipinski definition) is 0. The quantitative estimate of drug-likeness (QED) is 0.388. The van der Waals surface area contributed by atoms with Crippen molar-refractivity contribution in [2.75, 3.05) is 51.3 Å². The molecule has 2 saturated heterocycles.